The van der Waals surface area contributed by atoms with Crippen LogP contribution in [0, 0.1) is 6.92 Å². The normalized spacial score (nSPS) is 17.8. The van der Waals surface area contributed by atoms with Crippen LogP contribution in [0.3, 0.4) is 0 Å². The Morgan fingerprint density at radius 2 is 1.94 bits per heavy atom. The molecule has 1 N–H and O–H groups in total. The molecule has 0 amide bonds. The van der Waals surface area contributed by atoms with Crippen molar-refractivity contribution in [2.75, 3.05) is 32.7 Å². The molecule has 2 heterocycles. The zero-order chi connectivity index (χ0) is 13.0. The first-order valence-corrected chi connectivity index (χ1v) is 6.20. The van der Waals surface area contributed by atoms with E-state index in [1.165, 1.54) is 11.1 Å². The van der Waals surface area contributed by atoms with Gasteiger partial charge in [-0.25, -0.2) is 0 Å². The summed E-state index contributed by atoms with van der Waals surface area (Å²) in [6, 6.07) is 2.15. The number of rotatable bonds is 4. The molecule has 18 heavy (non-hydrogen) atoms. The van der Waals surface area contributed by atoms with E-state index in [2.05, 4.69) is 16.0 Å². The minimum atomic E-state index is -0.744. The molecule has 0 aliphatic carbocycles. The van der Waals surface area contributed by atoms with E-state index in [9.17, 15) is 4.79 Å². The van der Waals surface area contributed by atoms with Crippen molar-refractivity contribution in [3.63, 3.8) is 0 Å². The summed E-state index contributed by atoms with van der Waals surface area (Å²) in [5.41, 5.74) is 2.40. The van der Waals surface area contributed by atoms with E-state index >= 15 is 0 Å². The van der Waals surface area contributed by atoms with Crippen molar-refractivity contribution in [1.82, 2.24) is 14.8 Å². The van der Waals surface area contributed by atoms with E-state index in [-0.39, 0.29) is 6.54 Å². The maximum absolute atomic E-state index is 10.6. The second-order valence-corrected chi connectivity index (χ2v) is 4.82. The molecule has 1 fully saturated rings. The molecule has 0 aromatic carbocycles. The molecule has 0 atom stereocenters. The molecule has 5 nitrogen and oxygen atoms in total. The van der Waals surface area contributed by atoms with Crippen LogP contribution in [0.4, 0.5) is 0 Å². The van der Waals surface area contributed by atoms with Crippen molar-refractivity contribution in [1.29, 1.82) is 0 Å². The highest BCUT2D eigenvalue weighted by molar-refractivity contribution is 5.69. The molecule has 1 saturated heterocycles. The fraction of sp³-hybridized carbons (Fsp3) is 0.538. The minimum absolute atomic E-state index is 0.153. The Morgan fingerprint density at radius 3 is 2.56 bits per heavy atom. The van der Waals surface area contributed by atoms with Crippen LogP contribution in [0.2, 0.25) is 0 Å². The number of pyridine rings is 1. The number of carboxylic acids is 1. The first-order valence-electron chi connectivity index (χ1n) is 6.20. The van der Waals surface area contributed by atoms with Crippen molar-refractivity contribution in [3.8, 4) is 0 Å². The summed E-state index contributed by atoms with van der Waals surface area (Å²) in [6.07, 6.45) is 3.75. The average Bonchev–Trinajstić information content (AvgIpc) is 2.31. The number of hydrogen-bond donors (Lipinski definition) is 1. The van der Waals surface area contributed by atoms with E-state index in [1.807, 2.05) is 24.2 Å². The number of aromatic nitrogens is 1. The first kappa shape index (κ1) is 13.0. The highest BCUT2D eigenvalue weighted by Gasteiger charge is 2.18. The predicted octanol–water partition coefficient (Wildman–Crippen LogP) is 0.592. The van der Waals surface area contributed by atoms with Crippen LogP contribution < -0.4 is 0 Å². The van der Waals surface area contributed by atoms with Gasteiger partial charge in [0.1, 0.15) is 0 Å². The summed E-state index contributed by atoms with van der Waals surface area (Å²) >= 11 is 0. The van der Waals surface area contributed by atoms with Crippen LogP contribution in [0.25, 0.3) is 0 Å². The van der Waals surface area contributed by atoms with Gasteiger partial charge < -0.3 is 5.11 Å². The lowest BCUT2D eigenvalue weighted by Crippen LogP contribution is -2.47. The van der Waals surface area contributed by atoms with Gasteiger partial charge in [-0.15, -0.1) is 0 Å². The molecule has 5 heteroatoms. The smallest absolute Gasteiger partial charge is 0.317 e. The molecular formula is C13H19N3O2. The minimum Gasteiger partial charge on any atom is -0.480 e. The summed E-state index contributed by atoms with van der Waals surface area (Å²) in [7, 11) is 0. The summed E-state index contributed by atoms with van der Waals surface area (Å²) < 4.78 is 0. The highest BCUT2D eigenvalue weighted by Crippen LogP contribution is 2.08. The maximum Gasteiger partial charge on any atom is 0.317 e. The monoisotopic (exact) mass is 249 g/mol. The fourth-order valence-corrected chi connectivity index (χ4v) is 2.26. The third kappa shape index (κ3) is 3.78. The van der Waals surface area contributed by atoms with Crippen LogP contribution in [0.1, 0.15) is 11.1 Å². The van der Waals surface area contributed by atoms with Gasteiger partial charge in [-0.2, -0.15) is 0 Å². The van der Waals surface area contributed by atoms with Crippen molar-refractivity contribution in [2.24, 2.45) is 0 Å². The van der Waals surface area contributed by atoms with E-state index < -0.39 is 5.97 Å². The molecule has 1 aromatic heterocycles. The molecule has 2 rings (SSSR count). The Balaban J connectivity index is 1.81. The summed E-state index contributed by atoms with van der Waals surface area (Å²) in [6.45, 7) is 6.58. The molecule has 1 aliphatic rings. The van der Waals surface area contributed by atoms with E-state index in [1.54, 1.807) is 0 Å². The lowest BCUT2D eigenvalue weighted by Gasteiger charge is -2.33. The third-order valence-corrected chi connectivity index (χ3v) is 3.16. The molecule has 1 aromatic rings. The average molecular weight is 249 g/mol. The van der Waals surface area contributed by atoms with Crippen molar-refractivity contribution in [3.05, 3.63) is 29.6 Å². The van der Waals surface area contributed by atoms with Crippen molar-refractivity contribution >= 4 is 5.97 Å². The molecule has 98 valence electrons. The van der Waals surface area contributed by atoms with Gasteiger partial charge in [0.15, 0.2) is 0 Å². The van der Waals surface area contributed by atoms with Crippen LogP contribution in [-0.4, -0.2) is 58.6 Å². The Kier molecular flexibility index (Phi) is 4.28. The summed E-state index contributed by atoms with van der Waals surface area (Å²) in [5, 5.41) is 8.73. The number of carboxylic acid groups (broad SMARTS) is 1. The molecule has 0 saturated carbocycles. The van der Waals surface area contributed by atoms with Crippen LogP contribution >= 0.6 is 0 Å². The predicted molar refractivity (Wildman–Crippen MR) is 68.3 cm³/mol. The van der Waals surface area contributed by atoms with Crippen LogP contribution in [0.15, 0.2) is 18.5 Å². The Hall–Kier alpha value is -1.46. The fourth-order valence-electron chi connectivity index (χ4n) is 2.26. The number of hydrogen-bond acceptors (Lipinski definition) is 4. The SMILES string of the molecule is Cc1cncc(CN2CCN(CC(=O)O)CC2)c1. The standard InChI is InChI=1S/C13H19N3O2/c1-11-6-12(8-14-7-11)9-15-2-4-16(5-3-15)10-13(17)18/h6-8H,2-5,9-10H2,1H3,(H,17,18). The van der Waals surface area contributed by atoms with E-state index in [0.29, 0.717) is 0 Å². The maximum atomic E-state index is 10.6. The largest absolute Gasteiger partial charge is 0.480 e. The molecule has 0 unspecified atom stereocenters. The van der Waals surface area contributed by atoms with Crippen LogP contribution in [0.5, 0.6) is 0 Å². The summed E-state index contributed by atoms with van der Waals surface area (Å²) in [5.74, 6) is -0.744. The molecular weight excluding hydrogens is 230 g/mol. The van der Waals surface area contributed by atoms with E-state index in [0.717, 1.165) is 32.7 Å². The molecule has 0 radical (unpaired) electrons. The van der Waals surface area contributed by atoms with Gasteiger partial charge in [-0.3, -0.25) is 19.6 Å². The lowest BCUT2D eigenvalue weighted by molar-refractivity contribution is -0.138. The number of aliphatic carboxylic acids is 1. The zero-order valence-corrected chi connectivity index (χ0v) is 10.7. The van der Waals surface area contributed by atoms with Gasteiger partial charge in [0.25, 0.3) is 0 Å². The number of carbonyl (C=O) groups is 1. The second kappa shape index (κ2) is 5.93. The highest BCUT2D eigenvalue weighted by atomic mass is 16.4. The Bertz CT molecular complexity index is 414. The number of nitrogens with zero attached hydrogens (tertiary/aromatic N) is 3. The topological polar surface area (TPSA) is 56.7 Å². The number of aryl methyl sites for hydroxylation is 1. The van der Waals surface area contributed by atoms with Crippen LogP contribution in [-0.2, 0) is 11.3 Å². The van der Waals surface area contributed by atoms with Crippen molar-refractivity contribution < 1.29 is 9.90 Å². The molecule has 0 spiro atoms. The number of piperazine rings is 1. The van der Waals surface area contributed by atoms with Gasteiger partial charge in [0.05, 0.1) is 6.54 Å². The van der Waals surface area contributed by atoms with Gasteiger partial charge in [0.2, 0.25) is 0 Å². The Labute approximate surface area is 107 Å². The van der Waals surface area contributed by atoms with Gasteiger partial charge >= 0.3 is 5.97 Å². The second-order valence-electron chi connectivity index (χ2n) is 4.82. The quantitative estimate of drug-likeness (QED) is 0.846. The van der Waals surface area contributed by atoms with Gasteiger partial charge in [0, 0.05) is 45.1 Å². The van der Waals surface area contributed by atoms with Crippen molar-refractivity contribution in [2.45, 2.75) is 13.5 Å². The molecule has 0 bridgehead atoms. The zero-order valence-electron chi connectivity index (χ0n) is 10.7. The lowest BCUT2D eigenvalue weighted by atomic mass is 10.2. The summed E-state index contributed by atoms with van der Waals surface area (Å²) in [4.78, 5) is 19.1. The third-order valence-electron chi connectivity index (χ3n) is 3.16. The van der Waals surface area contributed by atoms with Gasteiger partial charge in [-0.05, 0) is 18.1 Å². The first-order chi connectivity index (χ1) is 8.63. The van der Waals surface area contributed by atoms with Gasteiger partial charge in [-0.1, -0.05) is 6.07 Å². The van der Waals surface area contributed by atoms with E-state index in [4.69, 9.17) is 5.11 Å². The Morgan fingerprint density at radius 1 is 1.28 bits per heavy atom. The molecule has 1 aliphatic heterocycles.